The Kier molecular flexibility index (Phi) is 5.81. The maximum atomic E-state index is 6.25. The number of hydrogen-bond donors (Lipinski definition) is 0. The molecule has 0 unspecified atom stereocenters. The first-order chi connectivity index (χ1) is 9.38. The van der Waals surface area contributed by atoms with Gasteiger partial charge in [-0.1, -0.05) is 91.6 Å². The van der Waals surface area contributed by atoms with E-state index < -0.39 is 0 Å². The number of rotatable bonds is 2. The van der Waals surface area contributed by atoms with E-state index in [2.05, 4.69) is 15.9 Å². The highest BCUT2D eigenvalue weighted by atomic mass is 79.9. The van der Waals surface area contributed by atoms with Gasteiger partial charge in [0.1, 0.15) is 0 Å². The van der Waals surface area contributed by atoms with Crippen LogP contribution >= 0.6 is 85.5 Å². The van der Waals surface area contributed by atoms with E-state index in [1.54, 1.807) is 6.07 Å². The number of hydrogen-bond acceptors (Lipinski definition) is 0. The second kappa shape index (κ2) is 6.83. The molecule has 2 rings (SSSR count). The van der Waals surface area contributed by atoms with Crippen molar-refractivity contribution < 1.29 is 0 Å². The predicted molar refractivity (Wildman–Crippen MR) is 94.6 cm³/mol. The van der Waals surface area contributed by atoms with Crippen molar-refractivity contribution in [2.45, 2.75) is 5.33 Å². The van der Waals surface area contributed by atoms with E-state index in [1.807, 2.05) is 12.1 Å². The molecule has 0 nitrogen and oxygen atoms in total. The fourth-order valence-corrected chi connectivity index (χ4v) is 3.59. The summed E-state index contributed by atoms with van der Waals surface area (Å²) in [5.74, 6) is 0. The highest BCUT2D eigenvalue weighted by Crippen LogP contribution is 2.49. The molecule has 2 aromatic rings. The number of benzene rings is 2. The topological polar surface area (TPSA) is 0 Å². The van der Waals surface area contributed by atoms with Crippen molar-refractivity contribution in [2.75, 3.05) is 0 Å². The molecule has 0 fully saturated rings. The minimum absolute atomic E-state index is 0.125. The summed E-state index contributed by atoms with van der Waals surface area (Å²) in [6.45, 7) is 0. The Morgan fingerprint density at radius 3 is 1.75 bits per heavy atom. The first-order valence-corrected chi connectivity index (χ1v) is 8.63. The fourth-order valence-electron chi connectivity index (χ4n) is 1.69. The molecule has 2 aromatic carbocycles. The zero-order valence-electron chi connectivity index (χ0n) is 9.58. The Hall–Kier alpha value is 0.660. The first-order valence-electron chi connectivity index (χ1n) is 5.24. The lowest BCUT2D eigenvalue weighted by Gasteiger charge is -2.14. The van der Waals surface area contributed by atoms with E-state index >= 15 is 0 Å². The highest BCUT2D eigenvalue weighted by molar-refractivity contribution is 9.08. The largest absolute Gasteiger partial charge is 0.0876 e. The third-order valence-corrected chi connectivity index (χ3v) is 5.92. The molecular weight excluding hydrogens is 449 g/mol. The molecule has 0 saturated carbocycles. The zero-order chi connectivity index (χ0) is 15.0. The predicted octanol–water partition coefficient (Wildman–Crippen LogP) is 8.17. The lowest BCUT2D eigenvalue weighted by molar-refractivity contribution is 1.43. The molecule has 106 valence electrons. The summed E-state index contributed by atoms with van der Waals surface area (Å²) in [5.41, 5.74) is 2.14. The van der Waals surface area contributed by atoms with Gasteiger partial charge in [0.05, 0.1) is 25.1 Å². The van der Waals surface area contributed by atoms with Crippen LogP contribution in [0.1, 0.15) is 5.56 Å². The average molecular weight is 454 g/mol. The third kappa shape index (κ3) is 3.05. The van der Waals surface area contributed by atoms with E-state index in [0.29, 0.717) is 21.5 Å². The standard InChI is InChI=1S/C13H5BrCl6/c14-4-5-1-2-7(15)6(3-5)8-9(16)11(18)13(20)12(19)10(8)17/h1-3H,4H2. The molecule has 0 aliphatic carbocycles. The second-order valence-electron chi connectivity index (χ2n) is 3.89. The van der Waals surface area contributed by atoms with Crippen molar-refractivity contribution in [3.05, 3.63) is 53.9 Å². The molecule has 0 amide bonds. The van der Waals surface area contributed by atoms with Crippen molar-refractivity contribution in [3.63, 3.8) is 0 Å². The van der Waals surface area contributed by atoms with Gasteiger partial charge >= 0.3 is 0 Å². The maximum absolute atomic E-state index is 6.25. The van der Waals surface area contributed by atoms with Crippen LogP contribution in [0.3, 0.4) is 0 Å². The van der Waals surface area contributed by atoms with E-state index in [9.17, 15) is 0 Å². The lowest BCUT2D eigenvalue weighted by atomic mass is 10.0. The quantitative estimate of drug-likeness (QED) is 0.244. The van der Waals surface area contributed by atoms with Crippen LogP contribution in [0.4, 0.5) is 0 Å². The van der Waals surface area contributed by atoms with Gasteiger partial charge in [0.25, 0.3) is 0 Å². The molecule has 0 radical (unpaired) electrons. The van der Waals surface area contributed by atoms with Gasteiger partial charge in [0, 0.05) is 21.5 Å². The van der Waals surface area contributed by atoms with Gasteiger partial charge in [-0.2, -0.15) is 0 Å². The van der Waals surface area contributed by atoms with E-state index in [0.717, 1.165) is 5.56 Å². The molecule has 0 atom stereocenters. The normalized spacial score (nSPS) is 10.9. The first kappa shape index (κ1) is 17.0. The van der Waals surface area contributed by atoms with Crippen LogP contribution in [-0.4, -0.2) is 0 Å². The lowest BCUT2D eigenvalue weighted by Crippen LogP contribution is -1.89. The van der Waals surface area contributed by atoms with E-state index in [1.165, 1.54) is 0 Å². The summed E-state index contributed by atoms with van der Waals surface area (Å²) in [4.78, 5) is 0. The third-order valence-electron chi connectivity index (χ3n) is 2.66. The van der Waals surface area contributed by atoms with Gasteiger partial charge in [0.2, 0.25) is 0 Å². The number of halogens is 7. The Bertz CT molecular complexity index is 654. The van der Waals surface area contributed by atoms with Crippen LogP contribution in [0.2, 0.25) is 30.1 Å². The number of alkyl halides is 1. The molecule has 0 heterocycles. The molecule has 0 N–H and O–H groups in total. The average Bonchev–Trinajstić information content (AvgIpc) is 2.45. The molecule has 7 heteroatoms. The van der Waals surface area contributed by atoms with E-state index in [4.69, 9.17) is 69.6 Å². The minimum Gasteiger partial charge on any atom is -0.0876 e. The van der Waals surface area contributed by atoms with Gasteiger partial charge < -0.3 is 0 Å². The summed E-state index contributed by atoms with van der Waals surface area (Å²) in [6.07, 6.45) is 0. The molecule has 0 bridgehead atoms. The summed E-state index contributed by atoms with van der Waals surface area (Å²) in [5, 5.41) is 2.03. The van der Waals surface area contributed by atoms with Crippen molar-refractivity contribution in [1.82, 2.24) is 0 Å². The smallest absolute Gasteiger partial charge is 0.0809 e. The Balaban J connectivity index is 2.83. The molecule has 0 aliphatic heterocycles. The van der Waals surface area contributed by atoms with Crippen molar-refractivity contribution in [2.24, 2.45) is 0 Å². The summed E-state index contributed by atoms with van der Waals surface area (Å²) in [6, 6.07) is 5.52. The summed E-state index contributed by atoms with van der Waals surface area (Å²) < 4.78 is 0. The van der Waals surface area contributed by atoms with Crippen LogP contribution in [0.25, 0.3) is 11.1 Å². The Morgan fingerprint density at radius 2 is 1.25 bits per heavy atom. The zero-order valence-corrected chi connectivity index (χ0v) is 15.7. The van der Waals surface area contributed by atoms with Gasteiger partial charge in [-0.05, 0) is 17.7 Å². The summed E-state index contributed by atoms with van der Waals surface area (Å²) in [7, 11) is 0. The fraction of sp³-hybridized carbons (Fsp3) is 0.0769. The molecule has 20 heavy (non-hydrogen) atoms. The molecule has 0 aliphatic rings. The SMILES string of the molecule is Clc1ccc(CBr)cc1-c1c(Cl)c(Cl)c(Cl)c(Cl)c1Cl. The molecule has 0 spiro atoms. The van der Waals surface area contributed by atoms with Crippen LogP contribution in [0, 0.1) is 0 Å². The maximum Gasteiger partial charge on any atom is 0.0809 e. The van der Waals surface area contributed by atoms with Crippen LogP contribution in [-0.2, 0) is 5.33 Å². The van der Waals surface area contributed by atoms with Gasteiger partial charge in [-0.3, -0.25) is 0 Å². The van der Waals surface area contributed by atoms with Crippen molar-refractivity contribution >= 4 is 85.5 Å². The highest BCUT2D eigenvalue weighted by Gasteiger charge is 2.22. The van der Waals surface area contributed by atoms with Gasteiger partial charge in [-0.15, -0.1) is 0 Å². The van der Waals surface area contributed by atoms with Crippen LogP contribution in [0.5, 0.6) is 0 Å². The van der Waals surface area contributed by atoms with Crippen LogP contribution < -0.4 is 0 Å². The molecular formula is C13H5BrCl6. The van der Waals surface area contributed by atoms with E-state index in [-0.39, 0.29) is 25.1 Å². The Morgan fingerprint density at radius 1 is 0.750 bits per heavy atom. The monoisotopic (exact) mass is 450 g/mol. The van der Waals surface area contributed by atoms with Crippen molar-refractivity contribution in [3.8, 4) is 11.1 Å². The minimum atomic E-state index is 0.125. The molecule has 0 aromatic heterocycles. The second-order valence-corrected chi connectivity index (χ2v) is 6.75. The molecule has 0 saturated heterocycles. The van der Waals surface area contributed by atoms with Crippen molar-refractivity contribution in [1.29, 1.82) is 0 Å². The van der Waals surface area contributed by atoms with Gasteiger partial charge in [0.15, 0.2) is 0 Å². The Labute approximate surface area is 155 Å². The summed E-state index contributed by atoms with van der Waals surface area (Å²) >= 11 is 40.2. The van der Waals surface area contributed by atoms with Gasteiger partial charge in [-0.25, -0.2) is 0 Å². The van der Waals surface area contributed by atoms with Crippen LogP contribution in [0.15, 0.2) is 18.2 Å².